The van der Waals surface area contributed by atoms with Crippen LogP contribution >= 0.6 is 0 Å². The molecule has 0 bridgehead atoms. The average Bonchev–Trinajstić information content (AvgIpc) is 2.70. The lowest BCUT2D eigenvalue weighted by molar-refractivity contribution is -0.0616. The third kappa shape index (κ3) is 2.40. The molecule has 1 aromatic rings. The summed E-state index contributed by atoms with van der Waals surface area (Å²) in [4.78, 5) is 35.6. The molecule has 2 heterocycles. The number of carbonyl (C=O) groups excluding carboxylic acids is 1. The molecule has 2 rings (SSSR count). The molecule has 9 heteroatoms. The zero-order chi connectivity index (χ0) is 16.7. The summed E-state index contributed by atoms with van der Waals surface area (Å²) in [5.74, 6) is -0.734. The van der Waals surface area contributed by atoms with Crippen molar-refractivity contribution in [2.45, 2.75) is 44.4 Å². The van der Waals surface area contributed by atoms with Crippen LogP contribution in [0.5, 0.6) is 0 Å². The van der Waals surface area contributed by atoms with Crippen molar-refractivity contribution >= 4 is 5.91 Å². The molecule has 8 nitrogen and oxygen atoms in total. The fraction of sp³-hybridized carbons (Fsp3) is 0.615. The quantitative estimate of drug-likeness (QED) is 0.743. The van der Waals surface area contributed by atoms with E-state index in [-0.39, 0.29) is 6.42 Å². The second kappa shape index (κ2) is 5.75. The van der Waals surface area contributed by atoms with E-state index in [1.165, 1.54) is 6.92 Å². The molecule has 1 aliphatic heterocycles. The molecule has 1 aliphatic rings. The minimum atomic E-state index is -2.38. The number of aliphatic hydroxyl groups excluding tert-OH is 2. The van der Waals surface area contributed by atoms with Gasteiger partial charge in [-0.05, 0) is 6.92 Å². The lowest BCUT2D eigenvalue weighted by atomic mass is 9.98. The number of hydrogen-bond donors (Lipinski definition) is 2. The van der Waals surface area contributed by atoms with Gasteiger partial charge in [0.15, 0.2) is 11.9 Å². The number of halogens is 1. The molecule has 1 saturated heterocycles. The SMILES string of the molecule is CCC(=O)n1c(=O)ccn([C@H]2O[C@@H](CO)C(O)C2(C)F)c1=O. The van der Waals surface area contributed by atoms with Crippen LogP contribution in [0.2, 0.25) is 0 Å². The van der Waals surface area contributed by atoms with E-state index < -0.39 is 47.9 Å². The lowest BCUT2D eigenvalue weighted by Crippen LogP contribution is -2.48. The third-order valence-electron chi connectivity index (χ3n) is 3.71. The summed E-state index contributed by atoms with van der Waals surface area (Å²) in [6.07, 6.45) is -3.52. The van der Waals surface area contributed by atoms with Crippen LogP contribution in [0.4, 0.5) is 4.39 Å². The zero-order valence-corrected chi connectivity index (χ0v) is 12.1. The van der Waals surface area contributed by atoms with Gasteiger partial charge in [-0.3, -0.25) is 14.2 Å². The average molecular weight is 316 g/mol. The van der Waals surface area contributed by atoms with Gasteiger partial charge >= 0.3 is 5.69 Å². The van der Waals surface area contributed by atoms with Crippen LogP contribution < -0.4 is 11.2 Å². The Morgan fingerprint density at radius 2 is 2.14 bits per heavy atom. The van der Waals surface area contributed by atoms with Gasteiger partial charge in [0.05, 0.1) is 6.61 Å². The number of aromatic nitrogens is 2. The minimum Gasteiger partial charge on any atom is -0.394 e. The molecular weight excluding hydrogens is 299 g/mol. The molecule has 0 amide bonds. The molecule has 1 fully saturated rings. The van der Waals surface area contributed by atoms with Crippen LogP contribution in [0.15, 0.2) is 21.9 Å². The van der Waals surface area contributed by atoms with Crippen molar-refractivity contribution in [3.05, 3.63) is 33.1 Å². The standard InChI is InChI=1S/C13H17FN2O6/c1-3-8(18)16-9(19)4-5-15(12(16)21)11-13(2,14)10(20)7(6-17)22-11/h4-5,7,10-11,17,20H,3,6H2,1-2H3/t7-,10?,11-,13?/m0/s1. The van der Waals surface area contributed by atoms with E-state index in [0.29, 0.717) is 4.57 Å². The summed E-state index contributed by atoms with van der Waals surface area (Å²) >= 11 is 0. The van der Waals surface area contributed by atoms with E-state index in [9.17, 15) is 23.9 Å². The van der Waals surface area contributed by atoms with E-state index in [4.69, 9.17) is 9.84 Å². The Hall–Kier alpha value is -1.84. The fourth-order valence-corrected chi connectivity index (χ4v) is 2.42. The molecule has 0 aliphatic carbocycles. The molecule has 22 heavy (non-hydrogen) atoms. The Balaban J connectivity index is 2.57. The van der Waals surface area contributed by atoms with E-state index >= 15 is 0 Å². The van der Waals surface area contributed by atoms with Gasteiger partial charge in [0.25, 0.3) is 5.56 Å². The van der Waals surface area contributed by atoms with Crippen molar-refractivity contribution < 1.29 is 24.1 Å². The Bertz CT molecular complexity index is 695. The van der Waals surface area contributed by atoms with Gasteiger partial charge in [-0.15, -0.1) is 0 Å². The first kappa shape index (κ1) is 16.5. The van der Waals surface area contributed by atoms with Crippen LogP contribution in [0.25, 0.3) is 0 Å². The summed E-state index contributed by atoms with van der Waals surface area (Å²) in [5, 5.41) is 18.9. The van der Waals surface area contributed by atoms with E-state index in [1.54, 1.807) is 0 Å². The fourth-order valence-electron chi connectivity index (χ4n) is 2.42. The molecular formula is C13H17FN2O6. The van der Waals surface area contributed by atoms with Crippen LogP contribution in [0.1, 0.15) is 31.3 Å². The van der Waals surface area contributed by atoms with Gasteiger partial charge in [0, 0.05) is 18.7 Å². The van der Waals surface area contributed by atoms with E-state index in [2.05, 4.69) is 0 Å². The lowest BCUT2D eigenvalue weighted by Gasteiger charge is -2.25. The van der Waals surface area contributed by atoms with Gasteiger partial charge in [-0.2, -0.15) is 4.57 Å². The van der Waals surface area contributed by atoms with E-state index in [1.807, 2.05) is 0 Å². The van der Waals surface area contributed by atoms with Gasteiger partial charge in [0.2, 0.25) is 5.91 Å². The van der Waals surface area contributed by atoms with Gasteiger partial charge in [0.1, 0.15) is 12.2 Å². The van der Waals surface area contributed by atoms with Crippen LogP contribution in [-0.4, -0.2) is 49.7 Å². The number of ether oxygens (including phenoxy) is 1. The molecule has 122 valence electrons. The first-order valence-electron chi connectivity index (χ1n) is 6.76. The maximum Gasteiger partial charge on any atom is 0.340 e. The van der Waals surface area contributed by atoms with Crippen LogP contribution in [0, 0.1) is 0 Å². The summed E-state index contributed by atoms with van der Waals surface area (Å²) in [6.45, 7) is 1.85. The highest BCUT2D eigenvalue weighted by Gasteiger charge is 2.55. The van der Waals surface area contributed by atoms with Gasteiger partial charge < -0.3 is 14.9 Å². The number of aliphatic hydroxyl groups is 2. The van der Waals surface area contributed by atoms with Crippen LogP contribution in [-0.2, 0) is 4.74 Å². The second-order valence-electron chi connectivity index (χ2n) is 5.23. The first-order valence-corrected chi connectivity index (χ1v) is 6.76. The Morgan fingerprint density at radius 1 is 1.50 bits per heavy atom. The number of nitrogens with zero attached hydrogens (tertiary/aromatic N) is 2. The number of rotatable bonds is 3. The Morgan fingerprint density at radius 3 is 2.64 bits per heavy atom. The topological polar surface area (TPSA) is 111 Å². The Labute approximate surface area is 124 Å². The largest absolute Gasteiger partial charge is 0.394 e. The Kier molecular flexibility index (Phi) is 4.32. The highest BCUT2D eigenvalue weighted by molar-refractivity contribution is 5.78. The number of carbonyl (C=O) groups is 1. The van der Waals surface area contributed by atoms with Crippen molar-refractivity contribution in [1.29, 1.82) is 0 Å². The highest BCUT2D eigenvalue weighted by Crippen LogP contribution is 2.40. The monoisotopic (exact) mass is 316 g/mol. The van der Waals surface area contributed by atoms with Crippen LogP contribution in [0.3, 0.4) is 0 Å². The molecule has 4 atom stereocenters. The first-order chi connectivity index (χ1) is 10.3. The molecule has 2 unspecified atom stereocenters. The number of hydrogen-bond acceptors (Lipinski definition) is 6. The molecule has 0 saturated carbocycles. The third-order valence-corrected chi connectivity index (χ3v) is 3.71. The highest BCUT2D eigenvalue weighted by atomic mass is 19.1. The normalized spacial score (nSPS) is 31.4. The smallest absolute Gasteiger partial charge is 0.340 e. The summed E-state index contributed by atoms with van der Waals surface area (Å²) in [6, 6.07) is 0.938. The van der Waals surface area contributed by atoms with Crippen molar-refractivity contribution in [3.8, 4) is 0 Å². The minimum absolute atomic E-state index is 0.0839. The second-order valence-corrected chi connectivity index (χ2v) is 5.23. The van der Waals surface area contributed by atoms with E-state index in [0.717, 1.165) is 23.8 Å². The van der Waals surface area contributed by atoms with Crippen molar-refractivity contribution in [1.82, 2.24) is 9.13 Å². The zero-order valence-electron chi connectivity index (χ0n) is 12.1. The molecule has 2 N–H and O–H groups in total. The maximum absolute atomic E-state index is 14.7. The summed E-state index contributed by atoms with van der Waals surface area (Å²) in [7, 11) is 0. The van der Waals surface area contributed by atoms with Crippen molar-refractivity contribution in [2.24, 2.45) is 0 Å². The van der Waals surface area contributed by atoms with Gasteiger partial charge in [-0.1, -0.05) is 6.92 Å². The maximum atomic E-state index is 14.7. The number of alkyl halides is 1. The molecule has 0 spiro atoms. The summed E-state index contributed by atoms with van der Waals surface area (Å²) in [5.41, 5.74) is -4.26. The van der Waals surface area contributed by atoms with Gasteiger partial charge in [-0.25, -0.2) is 9.18 Å². The predicted molar refractivity (Wildman–Crippen MR) is 72.4 cm³/mol. The molecule has 0 radical (unpaired) electrons. The molecule has 0 aromatic carbocycles. The van der Waals surface area contributed by atoms with Crippen molar-refractivity contribution in [2.75, 3.05) is 6.61 Å². The van der Waals surface area contributed by atoms with Crippen molar-refractivity contribution in [3.63, 3.8) is 0 Å². The summed E-state index contributed by atoms with van der Waals surface area (Å²) < 4.78 is 21.0. The molecule has 1 aromatic heterocycles. The predicted octanol–water partition coefficient (Wildman–Crippen LogP) is -0.961.